The Morgan fingerprint density at radius 2 is 2.00 bits per heavy atom. The maximum atomic E-state index is 10.0. The second kappa shape index (κ2) is 3.52. The van der Waals surface area contributed by atoms with Gasteiger partial charge in [-0.25, -0.2) is 0 Å². The summed E-state index contributed by atoms with van der Waals surface area (Å²) in [6.07, 6.45) is 1.99. The molecule has 2 aromatic rings. The average Bonchev–Trinajstić information content (AvgIpc) is 2.58. The zero-order chi connectivity index (χ0) is 11.9. The molecule has 1 heterocycles. The van der Waals surface area contributed by atoms with Crippen molar-refractivity contribution >= 4 is 10.9 Å². The van der Waals surface area contributed by atoms with E-state index in [0.29, 0.717) is 0 Å². The molecule has 3 nitrogen and oxygen atoms in total. The van der Waals surface area contributed by atoms with Crippen LogP contribution >= 0.6 is 0 Å². The Balaban J connectivity index is 2.76. The Bertz CT molecular complexity index is 520. The number of aryl methyl sites for hydroxylation is 1. The van der Waals surface area contributed by atoms with Crippen LogP contribution < -0.4 is 4.74 Å². The maximum Gasteiger partial charge on any atom is 0.128 e. The van der Waals surface area contributed by atoms with Crippen molar-refractivity contribution in [1.29, 1.82) is 0 Å². The predicted octanol–water partition coefficient (Wildman–Crippen LogP) is 2.41. The third-order valence-electron chi connectivity index (χ3n) is 2.89. The summed E-state index contributed by atoms with van der Waals surface area (Å²) in [6.45, 7) is 3.55. The fourth-order valence-corrected chi connectivity index (χ4v) is 1.86. The first-order chi connectivity index (χ1) is 7.43. The van der Waals surface area contributed by atoms with Gasteiger partial charge in [-0.2, -0.15) is 0 Å². The number of hydrogen-bond donors (Lipinski definition) is 1. The molecule has 0 amide bonds. The van der Waals surface area contributed by atoms with Crippen LogP contribution in [0.3, 0.4) is 0 Å². The number of hydrogen-bond acceptors (Lipinski definition) is 2. The molecule has 86 valence electrons. The fraction of sp³-hybridized carbons (Fsp3) is 0.385. The zero-order valence-corrected chi connectivity index (χ0v) is 10.1. The summed E-state index contributed by atoms with van der Waals surface area (Å²) in [4.78, 5) is 0. The highest BCUT2D eigenvalue weighted by Crippen LogP contribution is 2.32. The Kier molecular flexibility index (Phi) is 2.43. The Labute approximate surface area is 95.3 Å². The highest BCUT2D eigenvalue weighted by Gasteiger charge is 2.19. The minimum atomic E-state index is -0.855. The second-order valence-corrected chi connectivity index (χ2v) is 4.60. The van der Waals surface area contributed by atoms with Crippen LogP contribution in [0.15, 0.2) is 24.4 Å². The quantitative estimate of drug-likeness (QED) is 0.841. The lowest BCUT2D eigenvalue weighted by Crippen LogP contribution is -2.15. The third kappa shape index (κ3) is 1.67. The number of rotatable bonds is 2. The van der Waals surface area contributed by atoms with Crippen LogP contribution in [0.5, 0.6) is 5.75 Å². The van der Waals surface area contributed by atoms with Crippen molar-refractivity contribution in [2.45, 2.75) is 19.4 Å². The fourth-order valence-electron chi connectivity index (χ4n) is 1.86. The van der Waals surface area contributed by atoms with Gasteiger partial charge in [0.25, 0.3) is 0 Å². The summed E-state index contributed by atoms with van der Waals surface area (Å²) in [5.74, 6) is 0.801. The molecule has 0 unspecified atom stereocenters. The van der Waals surface area contributed by atoms with Gasteiger partial charge in [0, 0.05) is 18.6 Å². The molecule has 0 aliphatic rings. The number of methoxy groups -OCH3 is 1. The predicted molar refractivity (Wildman–Crippen MR) is 64.7 cm³/mol. The van der Waals surface area contributed by atoms with E-state index < -0.39 is 5.60 Å². The average molecular weight is 219 g/mol. The van der Waals surface area contributed by atoms with E-state index >= 15 is 0 Å². The van der Waals surface area contributed by atoms with E-state index in [4.69, 9.17) is 4.74 Å². The van der Waals surface area contributed by atoms with Crippen LogP contribution in [0.25, 0.3) is 10.9 Å². The molecular formula is C13H17NO2. The lowest BCUT2D eigenvalue weighted by Gasteiger charge is -2.19. The van der Waals surface area contributed by atoms with Crippen LogP contribution in [0.1, 0.15) is 19.4 Å². The molecule has 0 atom stereocenters. The topological polar surface area (TPSA) is 34.4 Å². The van der Waals surface area contributed by atoms with E-state index in [-0.39, 0.29) is 0 Å². The molecule has 0 aliphatic heterocycles. The lowest BCUT2D eigenvalue weighted by atomic mass is 9.97. The number of nitrogens with zero attached hydrogens (tertiary/aromatic N) is 1. The first-order valence-corrected chi connectivity index (χ1v) is 5.29. The van der Waals surface area contributed by atoms with Crippen molar-refractivity contribution in [3.63, 3.8) is 0 Å². The first-order valence-electron chi connectivity index (χ1n) is 5.29. The van der Waals surface area contributed by atoms with Gasteiger partial charge in [-0.3, -0.25) is 0 Å². The monoisotopic (exact) mass is 219 g/mol. The van der Waals surface area contributed by atoms with Crippen LogP contribution in [0.4, 0.5) is 0 Å². The molecule has 3 heteroatoms. The first kappa shape index (κ1) is 11.0. The Morgan fingerprint density at radius 3 is 2.56 bits per heavy atom. The summed E-state index contributed by atoms with van der Waals surface area (Å²) in [6, 6.07) is 5.91. The van der Waals surface area contributed by atoms with E-state index in [2.05, 4.69) is 0 Å². The second-order valence-electron chi connectivity index (χ2n) is 4.60. The van der Waals surface area contributed by atoms with Crippen LogP contribution in [-0.2, 0) is 12.6 Å². The van der Waals surface area contributed by atoms with Crippen LogP contribution in [-0.4, -0.2) is 16.8 Å². The molecule has 2 rings (SSSR count). The SMILES string of the molecule is COc1cc(C(C)(C)O)cc2c1ccn2C. The zero-order valence-electron chi connectivity index (χ0n) is 10.1. The van der Waals surface area contributed by atoms with Gasteiger partial charge in [-0.05, 0) is 37.6 Å². The summed E-state index contributed by atoms with van der Waals surface area (Å²) in [5, 5.41) is 11.1. The minimum Gasteiger partial charge on any atom is -0.496 e. The number of fused-ring (bicyclic) bond motifs is 1. The standard InChI is InChI=1S/C13H17NO2/c1-13(2,15)9-7-11-10(5-6-14(11)3)12(8-9)16-4/h5-8,15H,1-4H3. The number of benzene rings is 1. The maximum absolute atomic E-state index is 10.0. The van der Waals surface area contributed by atoms with Gasteiger partial charge < -0.3 is 14.4 Å². The van der Waals surface area contributed by atoms with Crippen LogP contribution in [0.2, 0.25) is 0 Å². The molecule has 0 radical (unpaired) electrons. The summed E-state index contributed by atoms with van der Waals surface area (Å²) >= 11 is 0. The molecule has 0 fully saturated rings. The minimum absolute atomic E-state index is 0.801. The molecule has 1 aromatic heterocycles. The van der Waals surface area contributed by atoms with E-state index in [0.717, 1.165) is 22.2 Å². The van der Waals surface area contributed by atoms with E-state index in [1.807, 2.05) is 36.0 Å². The molecular weight excluding hydrogens is 202 g/mol. The summed E-state index contributed by atoms with van der Waals surface area (Å²) in [5.41, 5.74) is 1.07. The van der Waals surface area contributed by atoms with Gasteiger partial charge in [-0.15, -0.1) is 0 Å². The highest BCUT2D eigenvalue weighted by atomic mass is 16.5. The number of aromatic nitrogens is 1. The van der Waals surface area contributed by atoms with Gasteiger partial charge >= 0.3 is 0 Å². The summed E-state index contributed by atoms with van der Waals surface area (Å²) in [7, 11) is 3.63. The third-order valence-corrected chi connectivity index (χ3v) is 2.89. The highest BCUT2D eigenvalue weighted by molar-refractivity contribution is 5.87. The van der Waals surface area contributed by atoms with Crippen LogP contribution in [0, 0.1) is 0 Å². The molecule has 0 saturated heterocycles. The van der Waals surface area contributed by atoms with E-state index in [1.165, 1.54) is 0 Å². The molecule has 0 aliphatic carbocycles. The van der Waals surface area contributed by atoms with Crippen molar-refractivity contribution in [2.24, 2.45) is 7.05 Å². The normalized spacial score (nSPS) is 12.1. The van der Waals surface area contributed by atoms with Crippen molar-refractivity contribution in [3.05, 3.63) is 30.0 Å². The van der Waals surface area contributed by atoms with Gasteiger partial charge in [0.1, 0.15) is 5.75 Å². The number of aliphatic hydroxyl groups is 1. The van der Waals surface area contributed by atoms with Gasteiger partial charge in [-0.1, -0.05) is 0 Å². The van der Waals surface area contributed by atoms with Crippen molar-refractivity contribution in [3.8, 4) is 5.75 Å². The Morgan fingerprint density at radius 1 is 1.31 bits per heavy atom. The van der Waals surface area contributed by atoms with E-state index in [1.54, 1.807) is 21.0 Å². The lowest BCUT2D eigenvalue weighted by molar-refractivity contribution is 0.0785. The van der Waals surface area contributed by atoms with E-state index in [9.17, 15) is 5.11 Å². The molecule has 0 spiro atoms. The van der Waals surface area contributed by atoms with Crippen molar-refractivity contribution in [2.75, 3.05) is 7.11 Å². The molecule has 16 heavy (non-hydrogen) atoms. The summed E-state index contributed by atoms with van der Waals surface area (Å²) < 4.78 is 7.37. The van der Waals surface area contributed by atoms with Gasteiger partial charge in [0.2, 0.25) is 0 Å². The smallest absolute Gasteiger partial charge is 0.128 e. The van der Waals surface area contributed by atoms with Crippen molar-refractivity contribution < 1.29 is 9.84 Å². The van der Waals surface area contributed by atoms with Gasteiger partial charge in [0.15, 0.2) is 0 Å². The molecule has 1 N–H and O–H groups in total. The largest absolute Gasteiger partial charge is 0.496 e. The van der Waals surface area contributed by atoms with Gasteiger partial charge in [0.05, 0.1) is 18.2 Å². The molecule has 0 saturated carbocycles. The Hall–Kier alpha value is -1.48. The molecule has 1 aromatic carbocycles. The molecule has 0 bridgehead atoms. The number of ether oxygens (including phenoxy) is 1. The van der Waals surface area contributed by atoms with Crippen molar-refractivity contribution in [1.82, 2.24) is 4.57 Å².